The Morgan fingerprint density at radius 3 is 2.30 bits per heavy atom. The van der Waals surface area contributed by atoms with E-state index >= 15 is 0 Å². The Kier molecular flexibility index (Phi) is 7.63. The summed E-state index contributed by atoms with van der Waals surface area (Å²) in [6.07, 6.45) is 3.51. The van der Waals surface area contributed by atoms with E-state index < -0.39 is 0 Å². The summed E-state index contributed by atoms with van der Waals surface area (Å²) in [5.41, 5.74) is 1.74. The Hall–Kier alpha value is -1.06. The summed E-state index contributed by atoms with van der Waals surface area (Å²) in [6, 6.07) is 8.39. The lowest BCUT2D eigenvalue weighted by atomic mass is 9.83. The number of aryl methyl sites for hydroxylation is 1. The van der Waals surface area contributed by atoms with Gasteiger partial charge in [0.05, 0.1) is 13.7 Å². The molecule has 0 saturated heterocycles. The minimum Gasteiger partial charge on any atom is -0.497 e. The van der Waals surface area contributed by atoms with Gasteiger partial charge in [0.1, 0.15) is 5.75 Å². The van der Waals surface area contributed by atoms with Crippen LogP contribution >= 0.6 is 0 Å². The maximum Gasteiger partial charge on any atom is 0.118 e. The Morgan fingerprint density at radius 1 is 1.00 bits per heavy atom. The highest BCUT2D eigenvalue weighted by molar-refractivity contribution is 5.27. The normalized spacial score (nSPS) is 11.6. The van der Waals surface area contributed by atoms with Crippen molar-refractivity contribution >= 4 is 0 Å². The molecule has 1 aromatic rings. The summed E-state index contributed by atoms with van der Waals surface area (Å²) >= 11 is 0. The van der Waals surface area contributed by atoms with Crippen LogP contribution in [-0.2, 0) is 11.2 Å². The van der Waals surface area contributed by atoms with Crippen LogP contribution in [0.15, 0.2) is 24.3 Å². The molecular weight excluding hydrogens is 250 g/mol. The van der Waals surface area contributed by atoms with Crippen LogP contribution in [0.1, 0.15) is 32.3 Å². The lowest BCUT2D eigenvalue weighted by molar-refractivity contribution is 0.197. The zero-order chi connectivity index (χ0) is 14.8. The molecule has 1 rings (SSSR count). The Balaban J connectivity index is 2.27. The summed E-state index contributed by atoms with van der Waals surface area (Å²) in [7, 11) is 3.44. The number of ether oxygens (including phenoxy) is 2. The zero-order valence-electron chi connectivity index (χ0n) is 13.4. The van der Waals surface area contributed by atoms with Gasteiger partial charge in [-0.05, 0) is 48.9 Å². The summed E-state index contributed by atoms with van der Waals surface area (Å²) in [4.78, 5) is 0. The van der Waals surface area contributed by atoms with Gasteiger partial charge in [0.15, 0.2) is 0 Å². The van der Waals surface area contributed by atoms with Crippen molar-refractivity contribution in [2.75, 3.05) is 33.9 Å². The quantitative estimate of drug-likeness (QED) is 0.667. The molecule has 0 spiro atoms. The topological polar surface area (TPSA) is 30.5 Å². The molecule has 0 bridgehead atoms. The van der Waals surface area contributed by atoms with E-state index in [0.717, 1.165) is 31.9 Å². The van der Waals surface area contributed by atoms with Crippen molar-refractivity contribution in [1.29, 1.82) is 0 Å². The summed E-state index contributed by atoms with van der Waals surface area (Å²) in [5.74, 6) is 0.926. The minimum atomic E-state index is 0.361. The molecule has 0 fully saturated rings. The number of nitrogens with one attached hydrogen (secondary N) is 1. The molecule has 0 radical (unpaired) electrons. The maximum absolute atomic E-state index is 5.18. The third kappa shape index (κ3) is 6.92. The first kappa shape index (κ1) is 17.0. The SMILES string of the molecule is COCCNCCC(C)(C)CCc1ccc(OC)cc1. The Labute approximate surface area is 123 Å². The molecule has 0 aromatic heterocycles. The zero-order valence-corrected chi connectivity index (χ0v) is 13.4. The molecule has 3 heteroatoms. The average molecular weight is 279 g/mol. The number of methoxy groups -OCH3 is 2. The highest BCUT2D eigenvalue weighted by Gasteiger charge is 2.17. The van der Waals surface area contributed by atoms with Gasteiger partial charge in [-0.25, -0.2) is 0 Å². The monoisotopic (exact) mass is 279 g/mol. The lowest BCUT2D eigenvalue weighted by Gasteiger charge is -2.25. The van der Waals surface area contributed by atoms with Crippen LogP contribution in [-0.4, -0.2) is 33.9 Å². The molecule has 0 atom stereocenters. The van der Waals surface area contributed by atoms with Crippen molar-refractivity contribution in [3.63, 3.8) is 0 Å². The first-order valence-electron chi connectivity index (χ1n) is 7.40. The predicted octanol–water partition coefficient (Wildman–Crippen LogP) is 3.28. The predicted molar refractivity (Wildman–Crippen MR) is 84.5 cm³/mol. The van der Waals surface area contributed by atoms with Gasteiger partial charge in [0.25, 0.3) is 0 Å². The molecule has 114 valence electrons. The molecule has 0 heterocycles. The number of hydrogen-bond acceptors (Lipinski definition) is 3. The van der Waals surface area contributed by atoms with Crippen LogP contribution in [0.5, 0.6) is 5.75 Å². The van der Waals surface area contributed by atoms with Crippen LogP contribution in [0.4, 0.5) is 0 Å². The Bertz CT molecular complexity index is 360. The second-order valence-electron chi connectivity index (χ2n) is 6.01. The van der Waals surface area contributed by atoms with E-state index in [-0.39, 0.29) is 0 Å². The first-order valence-corrected chi connectivity index (χ1v) is 7.40. The number of hydrogen-bond donors (Lipinski definition) is 1. The molecule has 0 unspecified atom stereocenters. The number of rotatable bonds is 10. The van der Waals surface area contributed by atoms with Gasteiger partial charge < -0.3 is 14.8 Å². The van der Waals surface area contributed by atoms with Crippen LogP contribution in [0.3, 0.4) is 0 Å². The van der Waals surface area contributed by atoms with Gasteiger partial charge in [-0.1, -0.05) is 26.0 Å². The third-order valence-electron chi connectivity index (χ3n) is 3.71. The van der Waals surface area contributed by atoms with Gasteiger partial charge in [-0.3, -0.25) is 0 Å². The van der Waals surface area contributed by atoms with Crippen LogP contribution in [0.25, 0.3) is 0 Å². The van der Waals surface area contributed by atoms with E-state index in [9.17, 15) is 0 Å². The van der Waals surface area contributed by atoms with Crippen LogP contribution in [0.2, 0.25) is 0 Å². The van der Waals surface area contributed by atoms with Crippen molar-refractivity contribution in [3.8, 4) is 5.75 Å². The lowest BCUT2D eigenvalue weighted by Crippen LogP contribution is -2.25. The standard InChI is InChI=1S/C17H29NO2/c1-17(2,11-12-18-13-14-19-3)10-9-15-5-7-16(20-4)8-6-15/h5-8,18H,9-14H2,1-4H3. The van der Waals surface area contributed by atoms with Crippen molar-refractivity contribution in [3.05, 3.63) is 29.8 Å². The van der Waals surface area contributed by atoms with Crippen molar-refractivity contribution in [1.82, 2.24) is 5.32 Å². The fourth-order valence-electron chi connectivity index (χ4n) is 2.13. The maximum atomic E-state index is 5.18. The summed E-state index contributed by atoms with van der Waals surface area (Å²) in [6.45, 7) is 7.46. The summed E-state index contributed by atoms with van der Waals surface area (Å²) in [5, 5.41) is 3.41. The molecule has 0 amide bonds. The highest BCUT2D eigenvalue weighted by Crippen LogP contribution is 2.27. The molecule has 1 N–H and O–H groups in total. The molecule has 0 saturated carbocycles. The molecule has 0 aliphatic heterocycles. The Morgan fingerprint density at radius 2 is 1.70 bits per heavy atom. The second-order valence-corrected chi connectivity index (χ2v) is 6.01. The first-order chi connectivity index (χ1) is 9.57. The summed E-state index contributed by atoms with van der Waals surface area (Å²) < 4.78 is 10.2. The highest BCUT2D eigenvalue weighted by atomic mass is 16.5. The van der Waals surface area contributed by atoms with Gasteiger partial charge in [-0.2, -0.15) is 0 Å². The average Bonchev–Trinajstić information content (AvgIpc) is 2.45. The van der Waals surface area contributed by atoms with Gasteiger partial charge in [0, 0.05) is 13.7 Å². The molecule has 1 aromatic carbocycles. The largest absolute Gasteiger partial charge is 0.497 e. The van der Waals surface area contributed by atoms with Crippen molar-refractivity contribution in [2.24, 2.45) is 5.41 Å². The van der Waals surface area contributed by atoms with E-state index in [0.29, 0.717) is 5.41 Å². The van der Waals surface area contributed by atoms with Crippen molar-refractivity contribution < 1.29 is 9.47 Å². The van der Waals surface area contributed by atoms with Gasteiger partial charge in [-0.15, -0.1) is 0 Å². The molecule has 0 aliphatic carbocycles. The third-order valence-corrected chi connectivity index (χ3v) is 3.71. The fraction of sp³-hybridized carbons (Fsp3) is 0.647. The molecular formula is C17H29NO2. The van der Waals surface area contributed by atoms with E-state index in [1.54, 1.807) is 14.2 Å². The molecule has 3 nitrogen and oxygen atoms in total. The van der Waals surface area contributed by atoms with Gasteiger partial charge in [0.2, 0.25) is 0 Å². The van der Waals surface area contributed by atoms with Crippen LogP contribution < -0.4 is 10.1 Å². The second kappa shape index (κ2) is 8.98. The smallest absolute Gasteiger partial charge is 0.118 e. The van der Waals surface area contributed by atoms with E-state index in [1.807, 2.05) is 12.1 Å². The minimum absolute atomic E-state index is 0.361. The van der Waals surface area contributed by atoms with Gasteiger partial charge >= 0.3 is 0 Å². The molecule has 0 aliphatic rings. The molecule has 20 heavy (non-hydrogen) atoms. The van der Waals surface area contributed by atoms with E-state index in [2.05, 4.69) is 31.3 Å². The number of benzene rings is 1. The fourth-order valence-corrected chi connectivity index (χ4v) is 2.13. The van der Waals surface area contributed by atoms with E-state index in [4.69, 9.17) is 9.47 Å². The van der Waals surface area contributed by atoms with E-state index in [1.165, 1.54) is 18.4 Å². The van der Waals surface area contributed by atoms with Crippen LogP contribution in [0, 0.1) is 5.41 Å². The van der Waals surface area contributed by atoms with Crippen molar-refractivity contribution in [2.45, 2.75) is 33.1 Å².